The van der Waals surface area contributed by atoms with Crippen LogP contribution < -0.4 is 10.2 Å². The van der Waals surface area contributed by atoms with Crippen molar-refractivity contribution >= 4 is 11.0 Å². The predicted octanol–water partition coefficient (Wildman–Crippen LogP) is 5.57. The molecule has 2 heterocycles. The quantitative estimate of drug-likeness (QED) is 0.582. The standard InChI is InChI=1S/C27H31NO4/c1-26(2)11-18-12-27(3,15-26)16-28(18)13-21-23(29)10-9-20-24(30)22(14-32-25(20)21)17-5-7-19(31-4)8-6-17/h5-10,14,18,29H,11-13,15-16H2,1-4H3/t18-,27-/m1/s1. The molecule has 0 amide bonds. The molecule has 1 aliphatic heterocycles. The molecule has 2 bridgehead atoms. The van der Waals surface area contributed by atoms with E-state index in [1.54, 1.807) is 19.2 Å². The fourth-order valence-corrected chi connectivity index (χ4v) is 6.33. The highest BCUT2D eigenvalue weighted by Gasteiger charge is 2.49. The Hall–Kier alpha value is -2.79. The molecule has 1 N–H and O–H groups in total. The SMILES string of the molecule is COc1ccc(-c2coc3c(CN4C[C@]5(C)C[C@H]4CC(C)(C)C5)c(O)ccc3c2=O)cc1. The van der Waals surface area contributed by atoms with E-state index in [9.17, 15) is 9.90 Å². The lowest BCUT2D eigenvalue weighted by molar-refractivity contribution is 0.126. The molecule has 168 valence electrons. The van der Waals surface area contributed by atoms with E-state index in [1.807, 2.05) is 24.3 Å². The van der Waals surface area contributed by atoms with E-state index in [0.717, 1.165) is 24.3 Å². The first kappa shape index (κ1) is 21.1. The van der Waals surface area contributed by atoms with Crippen molar-refractivity contribution < 1.29 is 14.3 Å². The molecule has 2 fully saturated rings. The number of nitrogens with zero attached hydrogens (tertiary/aromatic N) is 1. The minimum absolute atomic E-state index is 0.0917. The molecule has 0 radical (unpaired) electrons. The zero-order valence-corrected chi connectivity index (χ0v) is 19.3. The number of fused-ring (bicyclic) bond motifs is 3. The third-order valence-corrected chi connectivity index (χ3v) is 7.31. The molecule has 1 aliphatic carbocycles. The number of likely N-dealkylation sites (tertiary alicyclic amines) is 1. The van der Waals surface area contributed by atoms with E-state index >= 15 is 0 Å². The van der Waals surface area contributed by atoms with Crippen molar-refractivity contribution in [1.82, 2.24) is 4.90 Å². The van der Waals surface area contributed by atoms with Gasteiger partial charge in [0.1, 0.15) is 23.3 Å². The van der Waals surface area contributed by atoms with E-state index in [0.29, 0.717) is 45.5 Å². The van der Waals surface area contributed by atoms with Gasteiger partial charge in [-0.3, -0.25) is 9.69 Å². The van der Waals surface area contributed by atoms with Gasteiger partial charge in [0.05, 0.1) is 23.6 Å². The van der Waals surface area contributed by atoms with E-state index in [2.05, 4.69) is 25.7 Å². The lowest BCUT2D eigenvalue weighted by atomic mass is 9.65. The second-order valence-electron chi connectivity index (χ2n) is 10.8. The van der Waals surface area contributed by atoms with Gasteiger partial charge in [-0.15, -0.1) is 0 Å². The minimum Gasteiger partial charge on any atom is -0.507 e. The Morgan fingerprint density at radius 2 is 1.88 bits per heavy atom. The molecule has 1 saturated carbocycles. The van der Waals surface area contributed by atoms with Crippen LogP contribution in [0.1, 0.15) is 45.6 Å². The Morgan fingerprint density at radius 3 is 2.59 bits per heavy atom. The lowest BCUT2D eigenvalue weighted by Crippen LogP contribution is -2.34. The number of hydrogen-bond acceptors (Lipinski definition) is 5. The largest absolute Gasteiger partial charge is 0.507 e. The van der Waals surface area contributed by atoms with Crippen molar-refractivity contribution in [2.24, 2.45) is 10.8 Å². The molecule has 2 aromatic carbocycles. The summed E-state index contributed by atoms with van der Waals surface area (Å²) in [5.74, 6) is 0.919. The molecule has 1 saturated heterocycles. The molecule has 0 unspecified atom stereocenters. The first-order chi connectivity index (χ1) is 15.2. The number of rotatable bonds is 4. The molecule has 1 aromatic heterocycles. The van der Waals surface area contributed by atoms with Crippen LogP contribution in [-0.2, 0) is 6.54 Å². The summed E-state index contributed by atoms with van der Waals surface area (Å²) in [6.45, 7) is 8.69. The Balaban J connectivity index is 1.52. The maximum Gasteiger partial charge on any atom is 0.200 e. The number of benzene rings is 2. The predicted molar refractivity (Wildman–Crippen MR) is 126 cm³/mol. The van der Waals surface area contributed by atoms with Gasteiger partial charge in [-0.25, -0.2) is 0 Å². The van der Waals surface area contributed by atoms with Gasteiger partial charge in [0.15, 0.2) is 0 Å². The first-order valence-corrected chi connectivity index (χ1v) is 11.3. The number of hydrogen-bond donors (Lipinski definition) is 1. The Bertz CT molecular complexity index is 1230. The van der Waals surface area contributed by atoms with Crippen LogP contribution in [0, 0.1) is 10.8 Å². The van der Waals surface area contributed by atoms with Crippen LogP contribution >= 0.6 is 0 Å². The van der Waals surface area contributed by atoms with Crippen LogP contribution in [0.25, 0.3) is 22.1 Å². The fraction of sp³-hybridized carbons (Fsp3) is 0.444. The molecule has 5 rings (SSSR count). The third kappa shape index (κ3) is 3.58. The molecule has 0 spiro atoms. The molecule has 3 aromatic rings. The van der Waals surface area contributed by atoms with Crippen molar-refractivity contribution in [3.63, 3.8) is 0 Å². The summed E-state index contributed by atoms with van der Waals surface area (Å²) in [5, 5.41) is 11.2. The number of ether oxygens (including phenoxy) is 1. The fourth-order valence-electron chi connectivity index (χ4n) is 6.33. The normalized spacial score (nSPS) is 24.7. The summed E-state index contributed by atoms with van der Waals surface area (Å²) in [7, 11) is 1.61. The van der Waals surface area contributed by atoms with Crippen LogP contribution in [0.3, 0.4) is 0 Å². The second-order valence-corrected chi connectivity index (χ2v) is 10.8. The highest BCUT2D eigenvalue weighted by Crippen LogP contribution is 2.53. The third-order valence-electron chi connectivity index (χ3n) is 7.31. The summed E-state index contributed by atoms with van der Waals surface area (Å²) >= 11 is 0. The van der Waals surface area contributed by atoms with Gasteiger partial charge in [-0.2, -0.15) is 0 Å². The van der Waals surface area contributed by atoms with Gasteiger partial charge in [-0.05, 0) is 59.9 Å². The molecular formula is C27H31NO4. The number of methoxy groups -OCH3 is 1. The zero-order valence-electron chi connectivity index (χ0n) is 19.3. The summed E-state index contributed by atoms with van der Waals surface area (Å²) in [4.78, 5) is 15.8. The summed E-state index contributed by atoms with van der Waals surface area (Å²) in [6, 6.07) is 11.1. The van der Waals surface area contributed by atoms with Crippen molar-refractivity contribution in [3.05, 3.63) is 58.4 Å². The summed E-state index contributed by atoms with van der Waals surface area (Å²) in [6.07, 6.45) is 5.07. The number of phenolic OH excluding ortho intramolecular Hbond substituents is 1. The molecule has 5 heteroatoms. The van der Waals surface area contributed by atoms with Gasteiger partial charge in [0.25, 0.3) is 0 Å². The van der Waals surface area contributed by atoms with E-state index < -0.39 is 0 Å². The molecule has 2 atom stereocenters. The molecule has 5 nitrogen and oxygen atoms in total. The van der Waals surface area contributed by atoms with Crippen LogP contribution in [0.15, 0.2) is 51.9 Å². The summed E-state index contributed by atoms with van der Waals surface area (Å²) < 4.78 is 11.2. The van der Waals surface area contributed by atoms with Crippen LogP contribution in [-0.4, -0.2) is 29.7 Å². The average Bonchev–Trinajstić information content (AvgIpc) is 2.98. The topological polar surface area (TPSA) is 62.9 Å². The highest BCUT2D eigenvalue weighted by molar-refractivity contribution is 5.85. The number of aromatic hydroxyl groups is 1. The monoisotopic (exact) mass is 433 g/mol. The zero-order chi connectivity index (χ0) is 22.7. The van der Waals surface area contributed by atoms with E-state index in [4.69, 9.17) is 9.15 Å². The van der Waals surface area contributed by atoms with Crippen LogP contribution in [0.5, 0.6) is 11.5 Å². The first-order valence-electron chi connectivity index (χ1n) is 11.3. The van der Waals surface area contributed by atoms with E-state index in [-0.39, 0.29) is 11.2 Å². The van der Waals surface area contributed by atoms with Gasteiger partial charge >= 0.3 is 0 Å². The van der Waals surface area contributed by atoms with Crippen LogP contribution in [0.2, 0.25) is 0 Å². The number of phenols is 1. The smallest absolute Gasteiger partial charge is 0.200 e. The van der Waals surface area contributed by atoms with Gasteiger partial charge in [0, 0.05) is 19.1 Å². The minimum atomic E-state index is -0.0917. The average molecular weight is 434 g/mol. The molecule has 32 heavy (non-hydrogen) atoms. The Morgan fingerprint density at radius 1 is 1.12 bits per heavy atom. The van der Waals surface area contributed by atoms with Crippen molar-refractivity contribution in [1.29, 1.82) is 0 Å². The maximum absolute atomic E-state index is 13.3. The van der Waals surface area contributed by atoms with Crippen molar-refractivity contribution in [3.8, 4) is 22.6 Å². The van der Waals surface area contributed by atoms with E-state index in [1.165, 1.54) is 19.1 Å². The lowest BCUT2D eigenvalue weighted by Gasteiger charge is -2.40. The Kier molecular flexibility index (Phi) is 4.86. The highest BCUT2D eigenvalue weighted by atomic mass is 16.5. The molecular weight excluding hydrogens is 402 g/mol. The second kappa shape index (κ2) is 7.38. The van der Waals surface area contributed by atoms with Gasteiger partial charge in [0.2, 0.25) is 5.43 Å². The van der Waals surface area contributed by atoms with Gasteiger partial charge < -0.3 is 14.3 Å². The van der Waals surface area contributed by atoms with Gasteiger partial charge in [-0.1, -0.05) is 32.9 Å². The summed E-state index contributed by atoms with van der Waals surface area (Å²) in [5.41, 5.74) is 3.00. The maximum atomic E-state index is 13.3. The van der Waals surface area contributed by atoms with Crippen molar-refractivity contribution in [2.75, 3.05) is 13.7 Å². The molecule has 2 aliphatic rings. The van der Waals surface area contributed by atoms with Crippen molar-refractivity contribution in [2.45, 2.75) is 52.6 Å². The van der Waals surface area contributed by atoms with Crippen LogP contribution in [0.4, 0.5) is 0 Å². The Labute approximate surface area is 188 Å².